The van der Waals surface area contributed by atoms with Gasteiger partial charge in [0.25, 0.3) is 11.6 Å². The molecule has 1 unspecified atom stereocenters. The second kappa shape index (κ2) is 6.31. The van der Waals surface area contributed by atoms with Gasteiger partial charge in [0.1, 0.15) is 12.0 Å². The Morgan fingerprint density at radius 2 is 2.27 bits per heavy atom. The number of hydrogen-bond donors (Lipinski definition) is 1. The Morgan fingerprint density at radius 3 is 3.00 bits per heavy atom. The van der Waals surface area contributed by atoms with Gasteiger partial charge in [0.05, 0.1) is 6.10 Å². The highest BCUT2D eigenvalue weighted by Crippen LogP contribution is 2.16. The van der Waals surface area contributed by atoms with Gasteiger partial charge in [-0.1, -0.05) is 6.92 Å². The van der Waals surface area contributed by atoms with Crippen LogP contribution in [0.15, 0.2) is 20.1 Å². The lowest BCUT2D eigenvalue weighted by Gasteiger charge is -2.22. The third kappa shape index (κ3) is 3.04. The van der Waals surface area contributed by atoms with E-state index in [9.17, 15) is 9.59 Å². The van der Waals surface area contributed by atoms with Gasteiger partial charge in [-0.05, 0) is 31.2 Å². The van der Waals surface area contributed by atoms with Crippen molar-refractivity contribution in [3.8, 4) is 6.01 Å². The molecule has 0 spiro atoms. The Bertz CT molecular complexity index is 774. The number of rotatable bonds is 4. The molecule has 3 rings (SSSR count). The van der Waals surface area contributed by atoms with Crippen molar-refractivity contribution in [2.45, 2.75) is 38.7 Å². The second-order valence-corrected chi connectivity index (χ2v) is 5.30. The van der Waals surface area contributed by atoms with E-state index in [2.05, 4.69) is 9.97 Å². The van der Waals surface area contributed by atoms with Crippen LogP contribution >= 0.6 is 0 Å². The topological polar surface area (TPSA) is 94.4 Å². The van der Waals surface area contributed by atoms with E-state index in [-0.39, 0.29) is 23.4 Å². The molecule has 0 aliphatic carbocycles. The maximum Gasteiger partial charge on any atom is 0.337 e. The lowest BCUT2D eigenvalue weighted by molar-refractivity contribution is -0.0129. The summed E-state index contributed by atoms with van der Waals surface area (Å²) in [5.74, 6) is 0. The molecule has 3 heterocycles. The van der Waals surface area contributed by atoms with Gasteiger partial charge in [0.2, 0.25) is 5.71 Å². The fourth-order valence-corrected chi connectivity index (χ4v) is 2.59. The van der Waals surface area contributed by atoms with E-state index in [1.807, 2.05) is 6.92 Å². The zero-order valence-corrected chi connectivity index (χ0v) is 12.4. The van der Waals surface area contributed by atoms with Crippen molar-refractivity contribution >= 4 is 11.1 Å². The largest absolute Gasteiger partial charge is 0.462 e. The monoisotopic (exact) mass is 306 g/mol. The number of aromatic nitrogens is 2. The molecule has 1 atom stereocenters. The number of ether oxygens (including phenoxy) is 2. The minimum atomic E-state index is -0.524. The second-order valence-electron chi connectivity index (χ2n) is 5.30. The van der Waals surface area contributed by atoms with E-state index in [0.29, 0.717) is 24.0 Å². The predicted octanol–water partition coefficient (Wildman–Crippen LogP) is 1.39. The summed E-state index contributed by atoms with van der Waals surface area (Å²) in [6.45, 7) is 2.90. The summed E-state index contributed by atoms with van der Waals surface area (Å²) in [5, 5.41) is 0.295. The lowest BCUT2D eigenvalue weighted by Crippen LogP contribution is -2.27. The summed E-state index contributed by atoms with van der Waals surface area (Å²) in [7, 11) is 0. The molecule has 0 bridgehead atoms. The summed E-state index contributed by atoms with van der Waals surface area (Å²) in [4.78, 5) is 30.4. The Labute approximate surface area is 126 Å². The molecule has 22 heavy (non-hydrogen) atoms. The summed E-state index contributed by atoms with van der Waals surface area (Å²) in [6, 6.07) is 1.36. The molecule has 0 saturated carbocycles. The smallest absolute Gasteiger partial charge is 0.337 e. The third-order valence-corrected chi connectivity index (χ3v) is 3.74. The number of fused-ring (bicyclic) bond motifs is 1. The van der Waals surface area contributed by atoms with Gasteiger partial charge in [-0.15, -0.1) is 0 Å². The highest BCUT2D eigenvalue weighted by molar-refractivity contribution is 5.75. The predicted molar refractivity (Wildman–Crippen MR) is 79.4 cm³/mol. The molecule has 1 aliphatic heterocycles. The van der Waals surface area contributed by atoms with Crippen LogP contribution in [0, 0.1) is 0 Å². The first-order valence-electron chi connectivity index (χ1n) is 7.49. The Balaban J connectivity index is 1.88. The molecule has 0 amide bonds. The summed E-state index contributed by atoms with van der Waals surface area (Å²) in [6.07, 6.45) is 3.64. The maximum absolute atomic E-state index is 12.2. The van der Waals surface area contributed by atoms with Crippen LogP contribution in [0.1, 0.15) is 31.7 Å². The van der Waals surface area contributed by atoms with Crippen molar-refractivity contribution < 1.29 is 13.9 Å². The van der Waals surface area contributed by atoms with E-state index in [0.717, 1.165) is 25.9 Å². The van der Waals surface area contributed by atoms with E-state index in [4.69, 9.17) is 13.9 Å². The normalized spacial score (nSPS) is 18.5. The van der Waals surface area contributed by atoms with Crippen LogP contribution in [-0.4, -0.2) is 29.3 Å². The number of H-pyrrole nitrogens is 1. The maximum atomic E-state index is 12.2. The molecule has 2 aromatic rings. The van der Waals surface area contributed by atoms with Crippen LogP contribution < -0.4 is 15.9 Å². The average Bonchev–Trinajstić information content (AvgIpc) is 2.52. The summed E-state index contributed by atoms with van der Waals surface area (Å²) >= 11 is 0. The Kier molecular flexibility index (Phi) is 4.24. The van der Waals surface area contributed by atoms with E-state index in [1.54, 1.807) is 0 Å². The Hall–Kier alpha value is -2.15. The average molecular weight is 306 g/mol. The fraction of sp³-hybridized carbons (Fsp3) is 0.533. The van der Waals surface area contributed by atoms with Crippen molar-refractivity contribution in [1.29, 1.82) is 0 Å². The van der Waals surface area contributed by atoms with Crippen LogP contribution in [0.4, 0.5) is 0 Å². The molecule has 1 aliphatic rings. The molecule has 0 radical (unpaired) electrons. The first-order chi connectivity index (χ1) is 10.7. The molecule has 118 valence electrons. The molecule has 7 heteroatoms. The lowest BCUT2D eigenvalue weighted by atomic mass is 10.1. The van der Waals surface area contributed by atoms with E-state index >= 15 is 0 Å². The minimum Gasteiger partial charge on any atom is -0.462 e. The van der Waals surface area contributed by atoms with Crippen molar-refractivity contribution in [3.05, 3.63) is 32.4 Å². The Morgan fingerprint density at radius 1 is 1.41 bits per heavy atom. The molecule has 2 aromatic heterocycles. The van der Waals surface area contributed by atoms with Crippen LogP contribution in [-0.2, 0) is 11.2 Å². The number of nitrogens with zero attached hydrogens (tertiary/aromatic N) is 1. The molecule has 7 nitrogen and oxygen atoms in total. The first-order valence-corrected chi connectivity index (χ1v) is 7.49. The number of hydrogen-bond acceptors (Lipinski definition) is 6. The standard InChI is InChI=1S/C15H18N2O5/c1-2-9-7-11(18)22-14-12(9)13(19)16-15(17-14)21-8-10-5-3-4-6-20-10/h7,10H,2-6,8H2,1H3,(H,16,17,19). The molecular formula is C15H18N2O5. The fourth-order valence-electron chi connectivity index (χ4n) is 2.59. The minimum absolute atomic E-state index is 0.00346. The van der Waals surface area contributed by atoms with Crippen molar-refractivity contribution in [2.75, 3.05) is 13.2 Å². The van der Waals surface area contributed by atoms with Crippen molar-refractivity contribution in [2.24, 2.45) is 0 Å². The van der Waals surface area contributed by atoms with E-state index < -0.39 is 5.63 Å². The van der Waals surface area contributed by atoms with Crippen molar-refractivity contribution in [3.63, 3.8) is 0 Å². The summed E-state index contributed by atoms with van der Waals surface area (Å²) in [5.41, 5.74) is -0.274. The SMILES string of the molecule is CCc1cc(=O)oc2nc(OCC3CCCCO3)[nH]c(=O)c12. The number of aryl methyl sites for hydroxylation is 1. The van der Waals surface area contributed by atoms with Gasteiger partial charge in [0, 0.05) is 12.7 Å². The van der Waals surface area contributed by atoms with Gasteiger partial charge in [0.15, 0.2) is 0 Å². The van der Waals surface area contributed by atoms with Crippen LogP contribution in [0.3, 0.4) is 0 Å². The summed E-state index contributed by atoms with van der Waals surface area (Å²) < 4.78 is 16.1. The molecule has 0 aromatic carbocycles. The van der Waals surface area contributed by atoms with Gasteiger partial charge < -0.3 is 13.9 Å². The zero-order chi connectivity index (χ0) is 15.5. The van der Waals surface area contributed by atoms with Gasteiger partial charge >= 0.3 is 5.63 Å². The van der Waals surface area contributed by atoms with Gasteiger partial charge in [-0.2, -0.15) is 4.98 Å². The zero-order valence-electron chi connectivity index (χ0n) is 12.4. The quantitative estimate of drug-likeness (QED) is 0.917. The first kappa shape index (κ1) is 14.8. The third-order valence-electron chi connectivity index (χ3n) is 3.74. The van der Waals surface area contributed by atoms with Crippen molar-refractivity contribution in [1.82, 2.24) is 9.97 Å². The van der Waals surface area contributed by atoms with Crippen LogP contribution in [0.2, 0.25) is 0 Å². The molecule has 1 saturated heterocycles. The molecular weight excluding hydrogens is 288 g/mol. The van der Waals surface area contributed by atoms with Crippen LogP contribution in [0.25, 0.3) is 11.1 Å². The number of aromatic amines is 1. The highest BCUT2D eigenvalue weighted by atomic mass is 16.5. The van der Waals surface area contributed by atoms with E-state index in [1.165, 1.54) is 6.07 Å². The number of nitrogens with one attached hydrogen (secondary N) is 1. The van der Waals surface area contributed by atoms with Gasteiger partial charge in [-0.3, -0.25) is 9.78 Å². The van der Waals surface area contributed by atoms with Crippen LogP contribution in [0.5, 0.6) is 6.01 Å². The molecule has 1 N–H and O–H groups in total. The molecule has 1 fully saturated rings. The van der Waals surface area contributed by atoms with Gasteiger partial charge in [-0.25, -0.2) is 4.79 Å². The highest BCUT2D eigenvalue weighted by Gasteiger charge is 2.16.